The first-order valence-corrected chi connectivity index (χ1v) is 10.5. The molecule has 4 aliphatic carbocycles. The summed E-state index contributed by atoms with van der Waals surface area (Å²) in [6.45, 7) is 5.51. The first kappa shape index (κ1) is 16.7. The van der Waals surface area contributed by atoms with Crippen LogP contribution >= 0.6 is 0 Å². The third-order valence-electron chi connectivity index (χ3n) is 7.37. The molecule has 0 aromatic carbocycles. The number of rotatable bonds is 5. The van der Waals surface area contributed by atoms with Gasteiger partial charge >= 0.3 is 6.03 Å². The van der Waals surface area contributed by atoms with E-state index in [-0.39, 0.29) is 6.03 Å². The second kappa shape index (κ2) is 7.23. The van der Waals surface area contributed by atoms with Crippen molar-refractivity contribution >= 4 is 6.03 Å². The molecule has 5 aliphatic rings. The Hall–Kier alpha value is -0.770. The molecule has 0 aromatic heterocycles. The lowest BCUT2D eigenvalue weighted by Crippen LogP contribution is -2.57. The molecule has 136 valence electrons. The molecule has 2 amide bonds. The molecule has 0 aromatic rings. The molecule has 4 nitrogen and oxygen atoms in total. The number of carbonyl (C=O) groups is 1. The van der Waals surface area contributed by atoms with Crippen LogP contribution in [0.15, 0.2) is 0 Å². The molecule has 1 heterocycles. The van der Waals surface area contributed by atoms with Crippen LogP contribution in [0.2, 0.25) is 0 Å². The number of nitrogens with zero attached hydrogens (tertiary/aromatic N) is 1. The van der Waals surface area contributed by atoms with Crippen LogP contribution in [0.4, 0.5) is 4.79 Å². The van der Waals surface area contributed by atoms with Crippen LogP contribution in [0, 0.1) is 23.7 Å². The molecule has 5 rings (SSSR count). The highest BCUT2D eigenvalue weighted by molar-refractivity contribution is 5.74. The van der Waals surface area contributed by atoms with Crippen molar-refractivity contribution in [2.45, 2.75) is 76.8 Å². The summed E-state index contributed by atoms with van der Waals surface area (Å²) < 4.78 is 0. The molecule has 4 saturated carbocycles. The smallest absolute Gasteiger partial charge is 0.315 e. The average molecular weight is 334 g/mol. The lowest BCUT2D eigenvalue weighted by Gasteiger charge is -2.54. The summed E-state index contributed by atoms with van der Waals surface area (Å²) in [7, 11) is 0. The van der Waals surface area contributed by atoms with Crippen molar-refractivity contribution in [2.24, 2.45) is 23.7 Å². The van der Waals surface area contributed by atoms with Crippen LogP contribution in [0.1, 0.15) is 64.7 Å². The van der Waals surface area contributed by atoms with E-state index in [9.17, 15) is 4.79 Å². The molecule has 5 fully saturated rings. The van der Waals surface area contributed by atoms with Gasteiger partial charge < -0.3 is 15.5 Å². The summed E-state index contributed by atoms with van der Waals surface area (Å²) in [5.74, 6) is 3.47. The maximum Gasteiger partial charge on any atom is 0.315 e. The van der Waals surface area contributed by atoms with Gasteiger partial charge in [0, 0.05) is 25.2 Å². The zero-order valence-corrected chi connectivity index (χ0v) is 15.3. The summed E-state index contributed by atoms with van der Waals surface area (Å²) in [4.78, 5) is 14.9. The Morgan fingerprint density at radius 1 is 1.04 bits per heavy atom. The Morgan fingerprint density at radius 3 is 2.42 bits per heavy atom. The molecular formula is C20H35N3O. The maximum atomic E-state index is 12.3. The molecule has 1 unspecified atom stereocenters. The zero-order valence-electron chi connectivity index (χ0n) is 15.3. The number of urea groups is 1. The van der Waals surface area contributed by atoms with Crippen LogP contribution in [-0.2, 0) is 0 Å². The monoisotopic (exact) mass is 333 g/mol. The van der Waals surface area contributed by atoms with E-state index < -0.39 is 0 Å². The number of hydrogen-bond acceptors (Lipinski definition) is 2. The summed E-state index contributed by atoms with van der Waals surface area (Å²) >= 11 is 0. The lowest BCUT2D eigenvalue weighted by atomic mass is 9.54. The van der Waals surface area contributed by atoms with E-state index in [0.29, 0.717) is 6.04 Å². The van der Waals surface area contributed by atoms with E-state index >= 15 is 0 Å². The zero-order chi connectivity index (χ0) is 16.5. The third kappa shape index (κ3) is 3.58. The summed E-state index contributed by atoms with van der Waals surface area (Å²) in [6.07, 6.45) is 12.1. The number of amides is 2. The average Bonchev–Trinajstić information content (AvgIpc) is 2.56. The van der Waals surface area contributed by atoms with E-state index in [2.05, 4.69) is 22.5 Å². The van der Waals surface area contributed by atoms with Gasteiger partial charge in [0.15, 0.2) is 0 Å². The van der Waals surface area contributed by atoms with Crippen LogP contribution in [0.5, 0.6) is 0 Å². The largest absolute Gasteiger partial charge is 0.338 e. The number of carbonyl (C=O) groups excluding carboxylic acids is 1. The quantitative estimate of drug-likeness (QED) is 0.758. The maximum absolute atomic E-state index is 12.3. The Morgan fingerprint density at radius 2 is 1.75 bits per heavy atom. The predicted octanol–water partition coefficient (Wildman–Crippen LogP) is 3.37. The molecule has 1 aliphatic heterocycles. The van der Waals surface area contributed by atoms with Crippen LogP contribution in [0.25, 0.3) is 0 Å². The Labute approximate surface area is 147 Å². The second-order valence-corrected chi connectivity index (χ2v) is 9.09. The Kier molecular flexibility index (Phi) is 5.03. The van der Waals surface area contributed by atoms with Crippen LogP contribution in [-0.4, -0.2) is 42.6 Å². The topological polar surface area (TPSA) is 44.4 Å². The lowest BCUT2D eigenvalue weighted by molar-refractivity contribution is -0.00941. The molecule has 4 heteroatoms. The Balaban J connectivity index is 1.16. The van der Waals surface area contributed by atoms with Gasteiger partial charge in [-0.05, 0) is 88.5 Å². The van der Waals surface area contributed by atoms with Gasteiger partial charge in [0.1, 0.15) is 0 Å². The van der Waals surface area contributed by atoms with Gasteiger partial charge in [-0.25, -0.2) is 4.79 Å². The van der Waals surface area contributed by atoms with Gasteiger partial charge in [-0.15, -0.1) is 0 Å². The van der Waals surface area contributed by atoms with Gasteiger partial charge in [-0.1, -0.05) is 6.42 Å². The highest BCUT2D eigenvalue weighted by atomic mass is 16.2. The predicted molar refractivity (Wildman–Crippen MR) is 96.9 cm³/mol. The summed E-state index contributed by atoms with van der Waals surface area (Å²) in [5.41, 5.74) is 0. The standard InChI is InChI=1S/C20H35N3O/c1-14-5-2-3-7-23(14)8-4-6-21-20(24)22-19-17-10-15-9-16(12-17)13-18(19)11-15/h14-19H,2-13H2,1H3,(H2,21,22,24). The highest BCUT2D eigenvalue weighted by Gasteiger charge is 2.48. The normalized spacial score (nSPS) is 41.4. The van der Waals surface area contributed by atoms with E-state index in [1.807, 2.05) is 0 Å². The molecule has 1 saturated heterocycles. The third-order valence-corrected chi connectivity index (χ3v) is 7.37. The highest BCUT2D eigenvalue weighted by Crippen LogP contribution is 2.53. The van der Waals surface area contributed by atoms with Crippen LogP contribution in [0.3, 0.4) is 0 Å². The molecule has 24 heavy (non-hydrogen) atoms. The Bertz CT molecular complexity index is 424. The van der Waals surface area contributed by atoms with Crippen molar-refractivity contribution in [2.75, 3.05) is 19.6 Å². The number of hydrogen-bond donors (Lipinski definition) is 2. The fraction of sp³-hybridized carbons (Fsp3) is 0.950. The van der Waals surface area contributed by atoms with E-state index in [4.69, 9.17) is 0 Å². The first-order chi connectivity index (χ1) is 11.7. The fourth-order valence-corrected chi connectivity index (χ4v) is 6.34. The van der Waals surface area contributed by atoms with E-state index in [1.165, 1.54) is 57.9 Å². The second-order valence-electron chi connectivity index (χ2n) is 9.09. The molecular weight excluding hydrogens is 298 g/mol. The molecule has 1 atom stereocenters. The molecule has 0 radical (unpaired) electrons. The fourth-order valence-electron chi connectivity index (χ4n) is 6.34. The van der Waals surface area contributed by atoms with Crippen molar-refractivity contribution in [3.8, 4) is 0 Å². The molecule has 0 spiro atoms. The van der Waals surface area contributed by atoms with Gasteiger partial charge in [0.2, 0.25) is 0 Å². The molecule has 2 N–H and O–H groups in total. The minimum atomic E-state index is 0.0826. The van der Waals surface area contributed by atoms with E-state index in [0.717, 1.165) is 49.2 Å². The summed E-state index contributed by atoms with van der Waals surface area (Å²) in [5, 5.41) is 6.46. The first-order valence-electron chi connectivity index (χ1n) is 10.5. The van der Waals surface area contributed by atoms with Crippen molar-refractivity contribution in [3.63, 3.8) is 0 Å². The SMILES string of the molecule is CC1CCCCN1CCCNC(=O)NC1C2CC3CC(C2)CC1C3. The summed E-state index contributed by atoms with van der Waals surface area (Å²) in [6, 6.07) is 1.26. The van der Waals surface area contributed by atoms with Gasteiger partial charge in [-0.3, -0.25) is 0 Å². The van der Waals surface area contributed by atoms with E-state index in [1.54, 1.807) is 0 Å². The van der Waals surface area contributed by atoms with Gasteiger partial charge in [-0.2, -0.15) is 0 Å². The van der Waals surface area contributed by atoms with Crippen LogP contribution < -0.4 is 10.6 Å². The number of likely N-dealkylation sites (tertiary alicyclic amines) is 1. The van der Waals surface area contributed by atoms with Crippen molar-refractivity contribution < 1.29 is 4.79 Å². The minimum Gasteiger partial charge on any atom is -0.338 e. The van der Waals surface area contributed by atoms with Gasteiger partial charge in [0.25, 0.3) is 0 Å². The minimum absolute atomic E-state index is 0.0826. The number of nitrogens with one attached hydrogen (secondary N) is 2. The van der Waals surface area contributed by atoms with Crippen molar-refractivity contribution in [1.82, 2.24) is 15.5 Å². The van der Waals surface area contributed by atoms with Crippen molar-refractivity contribution in [3.05, 3.63) is 0 Å². The number of piperidine rings is 1. The van der Waals surface area contributed by atoms with Crippen molar-refractivity contribution in [1.29, 1.82) is 0 Å². The molecule has 4 bridgehead atoms. The van der Waals surface area contributed by atoms with Gasteiger partial charge in [0.05, 0.1) is 0 Å².